The van der Waals surface area contributed by atoms with Crippen molar-refractivity contribution in [2.45, 2.75) is 19.5 Å². The van der Waals surface area contributed by atoms with Crippen molar-refractivity contribution < 1.29 is 22.0 Å². The fourth-order valence-corrected chi connectivity index (χ4v) is 2.23. The maximum absolute atomic E-state index is 14.3. The molecule has 0 aliphatic heterocycles. The molecular weight excluding hydrogens is 312 g/mol. The van der Waals surface area contributed by atoms with E-state index in [1.807, 2.05) is 13.0 Å². The molecule has 0 aromatic carbocycles. The molecule has 0 amide bonds. The Balaban J connectivity index is 2.04. The number of hydrogen-bond acceptors (Lipinski definition) is 3. The third kappa shape index (κ3) is 3.04. The van der Waals surface area contributed by atoms with Gasteiger partial charge in [-0.2, -0.15) is 13.2 Å². The number of hydrogen-bond donors (Lipinski definition) is 0. The van der Waals surface area contributed by atoms with Gasteiger partial charge in [-0.3, -0.25) is 0 Å². The molecule has 3 rings (SSSR count). The molecule has 23 heavy (non-hydrogen) atoms. The Morgan fingerprint density at radius 3 is 2.78 bits per heavy atom. The molecule has 1 aliphatic carbocycles. The van der Waals surface area contributed by atoms with E-state index in [1.54, 1.807) is 6.08 Å². The van der Waals surface area contributed by atoms with Crippen LogP contribution in [0.15, 0.2) is 46.8 Å². The van der Waals surface area contributed by atoms with E-state index in [4.69, 9.17) is 4.42 Å². The third-order valence-corrected chi connectivity index (χ3v) is 3.52. The van der Waals surface area contributed by atoms with Crippen LogP contribution < -0.4 is 0 Å². The maximum atomic E-state index is 14.3. The summed E-state index contributed by atoms with van der Waals surface area (Å²) in [6.07, 6.45) is 3.29. The van der Waals surface area contributed by atoms with Gasteiger partial charge in [0.25, 0.3) is 0 Å². The molecule has 1 unspecified atom stereocenters. The molecule has 0 saturated heterocycles. The zero-order chi connectivity index (χ0) is 16.6. The largest absolute Gasteiger partial charge is 0.418 e. The van der Waals surface area contributed by atoms with Crippen LogP contribution in [0.5, 0.6) is 0 Å². The van der Waals surface area contributed by atoms with Crippen molar-refractivity contribution in [1.29, 1.82) is 0 Å². The number of alkyl halides is 3. The molecule has 0 fully saturated rings. The summed E-state index contributed by atoms with van der Waals surface area (Å²) in [5, 5.41) is 0. The second-order valence-corrected chi connectivity index (χ2v) is 5.12. The normalized spacial score (nSPS) is 18.7. The summed E-state index contributed by atoms with van der Waals surface area (Å²) >= 11 is 0. The first-order valence-corrected chi connectivity index (χ1v) is 6.99. The van der Waals surface area contributed by atoms with Crippen LogP contribution in [0.1, 0.15) is 24.8 Å². The van der Waals surface area contributed by atoms with Gasteiger partial charge < -0.3 is 4.42 Å². The molecule has 0 radical (unpaired) electrons. The van der Waals surface area contributed by atoms with Crippen molar-refractivity contribution in [3.05, 3.63) is 53.8 Å². The fraction of sp³-hybridized carbons (Fsp3) is 0.250. The Morgan fingerprint density at radius 1 is 1.30 bits per heavy atom. The number of nitrogens with zero attached hydrogens (tertiary/aromatic N) is 2. The Bertz CT molecular complexity index is 830. The van der Waals surface area contributed by atoms with E-state index in [2.05, 4.69) is 9.97 Å². The summed E-state index contributed by atoms with van der Waals surface area (Å²) in [6, 6.07) is 0.832. The average Bonchev–Trinajstić information content (AvgIpc) is 2.82. The first-order chi connectivity index (χ1) is 10.9. The molecule has 0 N–H and O–H groups in total. The molecule has 2 aromatic heterocycles. The zero-order valence-corrected chi connectivity index (χ0v) is 12.1. The van der Waals surface area contributed by atoms with Gasteiger partial charge in [0.1, 0.15) is 11.3 Å². The Hall–Kier alpha value is -2.44. The van der Waals surface area contributed by atoms with Gasteiger partial charge >= 0.3 is 6.18 Å². The van der Waals surface area contributed by atoms with Gasteiger partial charge in [-0.25, -0.2) is 14.4 Å². The average molecular weight is 324 g/mol. The number of pyridine rings is 1. The number of halogens is 4. The molecule has 1 atom stereocenters. The van der Waals surface area contributed by atoms with Gasteiger partial charge in [-0.1, -0.05) is 19.1 Å². The minimum Gasteiger partial charge on any atom is -0.418 e. The summed E-state index contributed by atoms with van der Waals surface area (Å²) in [5.74, 6) is -0.672. The van der Waals surface area contributed by atoms with Crippen molar-refractivity contribution in [3.8, 4) is 0 Å². The fourth-order valence-electron chi connectivity index (χ4n) is 2.23. The Morgan fingerprint density at radius 2 is 2.09 bits per heavy atom. The number of aromatic nitrogens is 2. The maximum Gasteiger partial charge on any atom is 0.417 e. The van der Waals surface area contributed by atoms with Gasteiger partial charge in [-0.15, -0.1) is 0 Å². The van der Waals surface area contributed by atoms with Gasteiger partial charge in [0.2, 0.25) is 11.6 Å². The Kier molecular flexibility index (Phi) is 3.79. The monoisotopic (exact) mass is 324 g/mol. The number of fused-ring (bicyclic) bond motifs is 1. The van der Waals surface area contributed by atoms with E-state index < -0.39 is 17.6 Å². The molecule has 1 aliphatic rings. The zero-order valence-electron chi connectivity index (χ0n) is 12.1. The number of rotatable bonds is 2. The van der Waals surface area contributed by atoms with E-state index >= 15 is 0 Å². The molecule has 0 spiro atoms. The van der Waals surface area contributed by atoms with Crippen LogP contribution in [0.4, 0.5) is 17.6 Å². The van der Waals surface area contributed by atoms with Crippen LogP contribution in [0.25, 0.3) is 16.8 Å². The van der Waals surface area contributed by atoms with Crippen molar-refractivity contribution >= 4 is 16.8 Å². The molecule has 0 saturated carbocycles. The molecule has 120 valence electrons. The second-order valence-electron chi connectivity index (χ2n) is 5.12. The summed E-state index contributed by atoms with van der Waals surface area (Å²) in [4.78, 5) is 7.55. The molecule has 3 nitrogen and oxygen atoms in total. The number of oxazole rings is 1. The van der Waals surface area contributed by atoms with Gasteiger partial charge in [0.15, 0.2) is 0 Å². The Labute approximate surface area is 129 Å². The van der Waals surface area contributed by atoms with Crippen LogP contribution in [0.3, 0.4) is 0 Å². The van der Waals surface area contributed by atoms with E-state index in [9.17, 15) is 17.6 Å². The van der Waals surface area contributed by atoms with Crippen molar-refractivity contribution in [2.75, 3.05) is 0 Å². The third-order valence-electron chi connectivity index (χ3n) is 3.52. The first-order valence-electron chi connectivity index (χ1n) is 6.99. The standard InChI is InChI=1S/C16H12F4N2O/c1-2-9-4-3-5-11(12(17)6-9)14-22-13-7-10(16(18,19)20)8-21-15(13)23-14/h3-9H,2H2,1H3. The highest BCUT2D eigenvalue weighted by Gasteiger charge is 2.32. The number of allylic oxidation sites excluding steroid dienone is 6. The van der Waals surface area contributed by atoms with Crippen molar-refractivity contribution in [3.63, 3.8) is 0 Å². The van der Waals surface area contributed by atoms with Crippen LogP contribution in [-0.4, -0.2) is 9.97 Å². The molecule has 2 heterocycles. The highest BCUT2D eigenvalue weighted by molar-refractivity contribution is 5.79. The minimum absolute atomic E-state index is 0.0527. The highest BCUT2D eigenvalue weighted by atomic mass is 19.4. The lowest BCUT2D eigenvalue weighted by Gasteiger charge is -2.03. The van der Waals surface area contributed by atoms with Gasteiger partial charge in [0, 0.05) is 6.20 Å². The predicted octanol–water partition coefficient (Wildman–Crippen LogP) is 5.07. The summed E-state index contributed by atoms with van der Waals surface area (Å²) < 4.78 is 57.6. The summed E-state index contributed by atoms with van der Waals surface area (Å²) in [5.41, 5.74) is -0.976. The van der Waals surface area contributed by atoms with E-state index in [1.165, 1.54) is 12.2 Å². The van der Waals surface area contributed by atoms with Crippen LogP contribution in [-0.2, 0) is 6.18 Å². The molecule has 7 heteroatoms. The van der Waals surface area contributed by atoms with E-state index in [0.717, 1.165) is 12.5 Å². The predicted molar refractivity (Wildman–Crippen MR) is 76.9 cm³/mol. The lowest BCUT2D eigenvalue weighted by atomic mass is 10.1. The smallest absolute Gasteiger partial charge is 0.417 e. The van der Waals surface area contributed by atoms with Gasteiger partial charge in [-0.05, 0) is 30.6 Å². The van der Waals surface area contributed by atoms with Crippen LogP contribution >= 0.6 is 0 Å². The van der Waals surface area contributed by atoms with E-state index in [0.29, 0.717) is 6.20 Å². The van der Waals surface area contributed by atoms with Crippen LogP contribution in [0, 0.1) is 5.92 Å². The first kappa shape index (κ1) is 15.5. The van der Waals surface area contributed by atoms with E-state index in [-0.39, 0.29) is 28.6 Å². The SMILES string of the molecule is CCC1C=CC=C(c2nc3cc(C(F)(F)F)cnc3o2)C(F)=C1. The van der Waals surface area contributed by atoms with Crippen LogP contribution in [0.2, 0.25) is 0 Å². The second kappa shape index (κ2) is 5.64. The lowest BCUT2D eigenvalue weighted by Crippen LogP contribution is -2.04. The summed E-state index contributed by atoms with van der Waals surface area (Å²) in [6.45, 7) is 1.92. The van der Waals surface area contributed by atoms with Crippen molar-refractivity contribution in [2.24, 2.45) is 5.92 Å². The quantitative estimate of drug-likeness (QED) is 0.724. The minimum atomic E-state index is -4.52. The topological polar surface area (TPSA) is 38.9 Å². The summed E-state index contributed by atoms with van der Waals surface area (Å²) in [7, 11) is 0. The molecular formula is C16H12F4N2O. The molecule has 0 bridgehead atoms. The lowest BCUT2D eigenvalue weighted by molar-refractivity contribution is -0.137. The molecule has 2 aromatic rings. The van der Waals surface area contributed by atoms with Gasteiger partial charge in [0.05, 0.1) is 11.1 Å². The highest BCUT2D eigenvalue weighted by Crippen LogP contribution is 2.33. The van der Waals surface area contributed by atoms with Crippen molar-refractivity contribution in [1.82, 2.24) is 9.97 Å².